The quantitative estimate of drug-likeness (QED) is 0.779. The maximum atomic E-state index is 10.5. The molecule has 0 amide bonds. The van der Waals surface area contributed by atoms with Crippen molar-refractivity contribution in [1.82, 2.24) is 4.98 Å². The van der Waals surface area contributed by atoms with Crippen molar-refractivity contribution < 1.29 is 14.6 Å². The second-order valence-electron chi connectivity index (χ2n) is 2.00. The standard InChI is InChI=1S/C7H6ClNO3.ClH/c1-12-5-3-2-4(7(10)11)6(8)9-5;/h2-3H,1H3,(H,10,11);1H. The number of rotatable bonds is 2. The van der Waals surface area contributed by atoms with E-state index in [1.165, 1.54) is 19.2 Å². The molecule has 1 heterocycles. The first kappa shape index (κ1) is 12.0. The molecule has 0 spiro atoms. The Hall–Kier alpha value is -1.000. The number of ether oxygens (including phenoxy) is 1. The van der Waals surface area contributed by atoms with Gasteiger partial charge in [-0.3, -0.25) is 0 Å². The highest BCUT2D eigenvalue weighted by atomic mass is 35.5. The van der Waals surface area contributed by atoms with E-state index in [1.807, 2.05) is 0 Å². The molecule has 0 unspecified atom stereocenters. The fraction of sp³-hybridized carbons (Fsp3) is 0.143. The molecule has 6 heteroatoms. The molecule has 13 heavy (non-hydrogen) atoms. The summed E-state index contributed by atoms with van der Waals surface area (Å²) >= 11 is 5.53. The molecular weight excluding hydrogens is 217 g/mol. The van der Waals surface area contributed by atoms with Crippen LogP contribution in [0, 0.1) is 0 Å². The molecule has 4 nitrogen and oxygen atoms in total. The van der Waals surface area contributed by atoms with Gasteiger partial charge in [-0.1, -0.05) is 11.6 Å². The molecule has 0 fully saturated rings. The molecule has 0 radical (unpaired) electrons. The molecule has 72 valence electrons. The number of carbonyl (C=O) groups is 1. The first-order chi connectivity index (χ1) is 5.65. The van der Waals surface area contributed by atoms with Crippen molar-refractivity contribution in [3.8, 4) is 5.88 Å². The van der Waals surface area contributed by atoms with Gasteiger partial charge in [-0.25, -0.2) is 9.78 Å². The summed E-state index contributed by atoms with van der Waals surface area (Å²) in [4.78, 5) is 14.1. The Balaban J connectivity index is 0.00000144. The van der Waals surface area contributed by atoms with E-state index in [0.717, 1.165) is 0 Å². The normalized spacial score (nSPS) is 8.77. The van der Waals surface area contributed by atoms with E-state index in [0.29, 0.717) is 5.88 Å². The smallest absolute Gasteiger partial charge is 0.338 e. The molecule has 1 aromatic heterocycles. The van der Waals surface area contributed by atoms with Crippen molar-refractivity contribution in [2.24, 2.45) is 0 Å². The number of aromatic nitrogens is 1. The number of methoxy groups -OCH3 is 1. The van der Waals surface area contributed by atoms with Gasteiger partial charge in [0.05, 0.1) is 12.7 Å². The fourth-order valence-corrected chi connectivity index (χ4v) is 0.918. The van der Waals surface area contributed by atoms with Gasteiger partial charge in [0.15, 0.2) is 0 Å². The Kier molecular flexibility index (Phi) is 4.51. The number of nitrogens with zero attached hydrogens (tertiary/aromatic N) is 1. The molecule has 0 aromatic carbocycles. The van der Waals surface area contributed by atoms with Crippen molar-refractivity contribution >= 4 is 30.0 Å². The summed E-state index contributed by atoms with van der Waals surface area (Å²) < 4.78 is 4.74. The van der Waals surface area contributed by atoms with Crippen LogP contribution < -0.4 is 4.74 Å². The van der Waals surface area contributed by atoms with Gasteiger partial charge in [-0.05, 0) is 6.07 Å². The monoisotopic (exact) mass is 223 g/mol. The third kappa shape index (κ3) is 2.75. The van der Waals surface area contributed by atoms with Gasteiger partial charge in [-0.2, -0.15) is 0 Å². The first-order valence-corrected chi connectivity index (χ1v) is 3.46. The highest BCUT2D eigenvalue weighted by Gasteiger charge is 2.09. The highest BCUT2D eigenvalue weighted by molar-refractivity contribution is 6.32. The highest BCUT2D eigenvalue weighted by Crippen LogP contribution is 2.17. The minimum Gasteiger partial charge on any atom is -0.481 e. The molecule has 0 bridgehead atoms. The number of carboxylic acid groups (broad SMARTS) is 1. The first-order valence-electron chi connectivity index (χ1n) is 3.09. The molecule has 0 aliphatic carbocycles. The molecule has 0 saturated carbocycles. The number of pyridine rings is 1. The Morgan fingerprint density at radius 1 is 1.62 bits per heavy atom. The van der Waals surface area contributed by atoms with Crippen molar-refractivity contribution in [2.45, 2.75) is 0 Å². The minimum absolute atomic E-state index is 0. The van der Waals surface area contributed by atoms with Crippen LogP contribution in [0.25, 0.3) is 0 Å². The van der Waals surface area contributed by atoms with E-state index in [1.54, 1.807) is 0 Å². The molecule has 0 aliphatic rings. The Morgan fingerprint density at radius 3 is 2.62 bits per heavy atom. The van der Waals surface area contributed by atoms with Crippen LogP contribution in [0.15, 0.2) is 12.1 Å². The molecular formula is C7H7Cl2NO3. The van der Waals surface area contributed by atoms with Crippen LogP contribution in [-0.2, 0) is 0 Å². The lowest BCUT2D eigenvalue weighted by molar-refractivity contribution is 0.0696. The van der Waals surface area contributed by atoms with Gasteiger partial charge in [0, 0.05) is 6.07 Å². The zero-order valence-corrected chi connectivity index (χ0v) is 8.22. The Labute approximate surface area is 85.9 Å². The molecule has 0 saturated heterocycles. The number of halogens is 2. The second kappa shape index (κ2) is 4.89. The second-order valence-corrected chi connectivity index (χ2v) is 2.36. The van der Waals surface area contributed by atoms with Crippen LogP contribution in [0.2, 0.25) is 5.15 Å². The molecule has 0 atom stereocenters. The lowest BCUT2D eigenvalue weighted by Crippen LogP contribution is -1.99. The largest absolute Gasteiger partial charge is 0.481 e. The van der Waals surface area contributed by atoms with E-state index in [4.69, 9.17) is 21.4 Å². The number of hydrogen-bond acceptors (Lipinski definition) is 3. The summed E-state index contributed by atoms with van der Waals surface area (Å²) in [6, 6.07) is 2.78. The topological polar surface area (TPSA) is 59.4 Å². The Morgan fingerprint density at radius 2 is 2.23 bits per heavy atom. The average molecular weight is 224 g/mol. The van der Waals surface area contributed by atoms with Crippen LogP contribution >= 0.6 is 24.0 Å². The zero-order valence-electron chi connectivity index (χ0n) is 6.65. The van der Waals surface area contributed by atoms with Crippen molar-refractivity contribution in [1.29, 1.82) is 0 Å². The number of aromatic carboxylic acids is 1. The van der Waals surface area contributed by atoms with E-state index in [9.17, 15) is 4.79 Å². The van der Waals surface area contributed by atoms with Gasteiger partial charge in [-0.15, -0.1) is 12.4 Å². The minimum atomic E-state index is -1.10. The van der Waals surface area contributed by atoms with Crippen molar-refractivity contribution in [3.63, 3.8) is 0 Å². The number of carboxylic acids is 1. The van der Waals surface area contributed by atoms with Gasteiger partial charge < -0.3 is 9.84 Å². The van der Waals surface area contributed by atoms with Gasteiger partial charge in [0.25, 0.3) is 0 Å². The maximum absolute atomic E-state index is 10.5. The zero-order chi connectivity index (χ0) is 9.14. The third-order valence-electron chi connectivity index (χ3n) is 1.26. The summed E-state index contributed by atoms with van der Waals surface area (Å²) in [5, 5.41) is 8.50. The summed E-state index contributed by atoms with van der Waals surface area (Å²) in [5.41, 5.74) is -0.0301. The molecule has 1 N–H and O–H groups in total. The summed E-state index contributed by atoms with van der Waals surface area (Å²) in [6.07, 6.45) is 0. The summed E-state index contributed by atoms with van der Waals surface area (Å²) in [7, 11) is 1.43. The average Bonchev–Trinajstić information content (AvgIpc) is 2.03. The summed E-state index contributed by atoms with van der Waals surface area (Å²) in [5.74, 6) is -0.805. The predicted molar refractivity (Wildman–Crippen MR) is 50.0 cm³/mol. The van der Waals surface area contributed by atoms with Crippen LogP contribution in [0.5, 0.6) is 5.88 Å². The van der Waals surface area contributed by atoms with Crippen LogP contribution in [0.3, 0.4) is 0 Å². The fourth-order valence-electron chi connectivity index (χ4n) is 0.691. The third-order valence-corrected chi connectivity index (χ3v) is 1.55. The van der Waals surface area contributed by atoms with Crippen LogP contribution in [0.4, 0.5) is 0 Å². The molecule has 1 aromatic rings. The maximum Gasteiger partial charge on any atom is 0.338 e. The predicted octanol–water partition coefficient (Wildman–Crippen LogP) is 1.86. The van der Waals surface area contributed by atoms with E-state index >= 15 is 0 Å². The molecule has 0 aliphatic heterocycles. The van der Waals surface area contributed by atoms with Crippen molar-refractivity contribution in [2.75, 3.05) is 7.11 Å². The SMILES string of the molecule is COc1ccc(C(=O)O)c(Cl)n1.Cl. The van der Waals surface area contributed by atoms with Crippen LogP contribution in [0.1, 0.15) is 10.4 Å². The van der Waals surface area contributed by atoms with E-state index in [-0.39, 0.29) is 23.1 Å². The van der Waals surface area contributed by atoms with E-state index in [2.05, 4.69) is 4.98 Å². The Bertz CT molecular complexity index is 317. The summed E-state index contributed by atoms with van der Waals surface area (Å²) in [6.45, 7) is 0. The van der Waals surface area contributed by atoms with Gasteiger partial charge in [0.2, 0.25) is 5.88 Å². The molecule has 1 rings (SSSR count). The van der Waals surface area contributed by atoms with Crippen LogP contribution in [-0.4, -0.2) is 23.2 Å². The number of hydrogen-bond donors (Lipinski definition) is 1. The lowest BCUT2D eigenvalue weighted by atomic mass is 10.3. The van der Waals surface area contributed by atoms with Gasteiger partial charge in [0.1, 0.15) is 5.15 Å². The van der Waals surface area contributed by atoms with Crippen molar-refractivity contribution in [3.05, 3.63) is 22.8 Å². The van der Waals surface area contributed by atoms with E-state index < -0.39 is 5.97 Å². The lowest BCUT2D eigenvalue weighted by Gasteiger charge is -2.00. The van der Waals surface area contributed by atoms with Gasteiger partial charge >= 0.3 is 5.97 Å².